The number of carbonyl (C=O) groups is 1. The second-order valence-electron chi connectivity index (χ2n) is 5.55. The average molecular weight is 416 g/mol. The van der Waals surface area contributed by atoms with Gasteiger partial charge in [-0.1, -0.05) is 18.2 Å². The standard InChI is InChI=1S/C19H17IN2O/c1-12-16-5-3-4-6-18(16)21-13(2)17(12)11-19(23)22-15-9-7-14(20)8-10-15/h3-10H,11H2,1-2H3,(H,22,23). The lowest BCUT2D eigenvalue weighted by Crippen LogP contribution is -2.16. The fourth-order valence-electron chi connectivity index (χ4n) is 2.73. The van der Waals surface area contributed by atoms with Crippen LogP contribution in [0, 0.1) is 17.4 Å². The van der Waals surface area contributed by atoms with E-state index in [0.29, 0.717) is 6.42 Å². The maximum Gasteiger partial charge on any atom is 0.228 e. The van der Waals surface area contributed by atoms with Gasteiger partial charge in [0.1, 0.15) is 0 Å². The first-order chi connectivity index (χ1) is 11.0. The van der Waals surface area contributed by atoms with Gasteiger partial charge in [-0.2, -0.15) is 0 Å². The summed E-state index contributed by atoms with van der Waals surface area (Å²) >= 11 is 2.24. The minimum absolute atomic E-state index is 0.0190. The van der Waals surface area contributed by atoms with Crippen LogP contribution in [0.4, 0.5) is 5.69 Å². The van der Waals surface area contributed by atoms with Gasteiger partial charge < -0.3 is 5.32 Å². The maximum absolute atomic E-state index is 12.4. The number of anilines is 1. The Balaban J connectivity index is 1.86. The third-order valence-electron chi connectivity index (χ3n) is 3.95. The molecule has 0 atom stereocenters. The van der Waals surface area contributed by atoms with Crippen molar-refractivity contribution < 1.29 is 4.79 Å². The summed E-state index contributed by atoms with van der Waals surface area (Å²) in [6.07, 6.45) is 0.335. The number of rotatable bonds is 3. The molecule has 0 saturated carbocycles. The van der Waals surface area contributed by atoms with E-state index in [9.17, 15) is 4.79 Å². The molecule has 4 heteroatoms. The van der Waals surface area contributed by atoms with Crippen LogP contribution in [0.2, 0.25) is 0 Å². The van der Waals surface area contributed by atoms with Crippen LogP contribution in [0.1, 0.15) is 16.8 Å². The van der Waals surface area contributed by atoms with Crippen molar-refractivity contribution in [1.29, 1.82) is 0 Å². The zero-order valence-electron chi connectivity index (χ0n) is 13.1. The number of halogens is 1. The van der Waals surface area contributed by atoms with Crippen LogP contribution >= 0.6 is 22.6 Å². The monoisotopic (exact) mass is 416 g/mol. The molecule has 0 aliphatic heterocycles. The number of amides is 1. The zero-order valence-corrected chi connectivity index (χ0v) is 15.2. The van der Waals surface area contributed by atoms with Gasteiger partial charge in [0.15, 0.2) is 0 Å². The summed E-state index contributed by atoms with van der Waals surface area (Å²) in [5, 5.41) is 4.06. The first-order valence-electron chi connectivity index (χ1n) is 7.45. The predicted octanol–water partition coefficient (Wildman–Crippen LogP) is 4.64. The molecule has 1 N–H and O–H groups in total. The Morgan fingerprint density at radius 1 is 1.09 bits per heavy atom. The van der Waals surface area contributed by atoms with Crippen molar-refractivity contribution in [2.75, 3.05) is 5.32 Å². The number of aromatic nitrogens is 1. The Hall–Kier alpha value is -1.95. The van der Waals surface area contributed by atoms with Crippen LogP contribution in [0.3, 0.4) is 0 Å². The Morgan fingerprint density at radius 2 is 1.78 bits per heavy atom. The number of carbonyl (C=O) groups excluding carboxylic acids is 1. The first kappa shape index (κ1) is 15.9. The molecule has 3 nitrogen and oxygen atoms in total. The van der Waals surface area contributed by atoms with E-state index in [1.807, 2.05) is 49.4 Å². The molecule has 0 aliphatic rings. The van der Waals surface area contributed by atoms with Crippen molar-refractivity contribution >= 4 is 45.1 Å². The van der Waals surface area contributed by atoms with Gasteiger partial charge in [-0.15, -0.1) is 0 Å². The van der Waals surface area contributed by atoms with Gasteiger partial charge in [0.05, 0.1) is 11.9 Å². The molecule has 0 fully saturated rings. The van der Waals surface area contributed by atoms with Gasteiger partial charge >= 0.3 is 0 Å². The lowest BCUT2D eigenvalue weighted by molar-refractivity contribution is -0.115. The average Bonchev–Trinajstić information content (AvgIpc) is 2.54. The van der Waals surface area contributed by atoms with Crippen molar-refractivity contribution in [3.8, 4) is 0 Å². The molecular formula is C19H17IN2O. The van der Waals surface area contributed by atoms with Gasteiger partial charge in [0.2, 0.25) is 5.91 Å². The summed E-state index contributed by atoms with van der Waals surface area (Å²) in [4.78, 5) is 17.0. The largest absolute Gasteiger partial charge is 0.326 e. The van der Waals surface area contributed by atoms with E-state index in [-0.39, 0.29) is 5.91 Å². The number of aryl methyl sites for hydroxylation is 2. The Bertz CT molecular complexity index is 872. The molecule has 0 bridgehead atoms. The molecule has 0 spiro atoms. The number of benzene rings is 2. The third kappa shape index (κ3) is 3.52. The third-order valence-corrected chi connectivity index (χ3v) is 4.67. The number of hydrogen-bond acceptors (Lipinski definition) is 2. The van der Waals surface area contributed by atoms with Crippen LogP contribution in [0.25, 0.3) is 10.9 Å². The molecular weight excluding hydrogens is 399 g/mol. The van der Waals surface area contributed by atoms with E-state index in [1.54, 1.807) is 0 Å². The second-order valence-corrected chi connectivity index (χ2v) is 6.80. The highest BCUT2D eigenvalue weighted by Crippen LogP contribution is 2.23. The fourth-order valence-corrected chi connectivity index (χ4v) is 3.09. The quantitative estimate of drug-likeness (QED) is 0.633. The Kier molecular flexibility index (Phi) is 4.61. The minimum atomic E-state index is -0.0190. The zero-order chi connectivity index (χ0) is 16.4. The van der Waals surface area contributed by atoms with Crippen LogP contribution in [-0.4, -0.2) is 10.9 Å². The molecule has 1 amide bonds. The number of nitrogens with one attached hydrogen (secondary N) is 1. The highest BCUT2D eigenvalue weighted by atomic mass is 127. The highest BCUT2D eigenvalue weighted by Gasteiger charge is 2.13. The fraction of sp³-hybridized carbons (Fsp3) is 0.158. The molecule has 3 aromatic rings. The van der Waals surface area contributed by atoms with Crippen molar-refractivity contribution in [2.24, 2.45) is 0 Å². The summed E-state index contributed by atoms with van der Waals surface area (Å²) in [6.45, 7) is 4.03. The normalized spacial score (nSPS) is 10.7. The van der Waals surface area contributed by atoms with Gasteiger partial charge in [0, 0.05) is 20.3 Å². The van der Waals surface area contributed by atoms with Crippen molar-refractivity contribution in [2.45, 2.75) is 20.3 Å². The summed E-state index contributed by atoms with van der Waals surface area (Å²) < 4.78 is 1.14. The molecule has 0 saturated heterocycles. The van der Waals surface area contributed by atoms with Crippen LogP contribution in [0.15, 0.2) is 48.5 Å². The van der Waals surface area contributed by atoms with Gasteiger partial charge in [0.25, 0.3) is 0 Å². The SMILES string of the molecule is Cc1nc2ccccc2c(C)c1CC(=O)Nc1ccc(I)cc1. The molecule has 3 rings (SSSR count). The highest BCUT2D eigenvalue weighted by molar-refractivity contribution is 14.1. The maximum atomic E-state index is 12.4. The van der Waals surface area contributed by atoms with Gasteiger partial charge in [-0.25, -0.2) is 0 Å². The van der Waals surface area contributed by atoms with Crippen LogP contribution in [-0.2, 0) is 11.2 Å². The lowest BCUT2D eigenvalue weighted by Gasteiger charge is -2.12. The van der Waals surface area contributed by atoms with E-state index < -0.39 is 0 Å². The second kappa shape index (κ2) is 6.66. The first-order valence-corrected chi connectivity index (χ1v) is 8.52. The van der Waals surface area contributed by atoms with Crippen LogP contribution in [0.5, 0.6) is 0 Å². The van der Waals surface area contributed by atoms with Crippen molar-refractivity contribution in [1.82, 2.24) is 4.98 Å². The summed E-state index contributed by atoms with van der Waals surface area (Å²) in [5.41, 5.74) is 4.85. The van der Waals surface area contributed by atoms with E-state index in [0.717, 1.165) is 37.0 Å². The summed E-state index contributed by atoms with van der Waals surface area (Å²) in [5.74, 6) is -0.0190. The number of fused-ring (bicyclic) bond motifs is 1. The van der Waals surface area contributed by atoms with E-state index in [2.05, 4.69) is 45.9 Å². The number of pyridine rings is 1. The lowest BCUT2D eigenvalue weighted by atomic mass is 9.99. The summed E-state index contributed by atoms with van der Waals surface area (Å²) in [6, 6.07) is 15.8. The molecule has 1 heterocycles. The molecule has 116 valence electrons. The number of nitrogens with zero attached hydrogens (tertiary/aromatic N) is 1. The molecule has 1 aromatic heterocycles. The molecule has 0 unspecified atom stereocenters. The number of para-hydroxylation sites is 1. The number of hydrogen-bond donors (Lipinski definition) is 1. The Labute approximate surface area is 149 Å². The molecule has 2 aromatic carbocycles. The smallest absolute Gasteiger partial charge is 0.228 e. The van der Waals surface area contributed by atoms with Gasteiger partial charge in [-0.05, 0) is 77.9 Å². The minimum Gasteiger partial charge on any atom is -0.326 e. The van der Waals surface area contributed by atoms with Crippen molar-refractivity contribution in [3.63, 3.8) is 0 Å². The van der Waals surface area contributed by atoms with E-state index in [4.69, 9.17) is 0 Å². The van der Waals surface area contributed by atoms with Crippen LogP contribution < -0.4 is 5.32 Å². The topological polar surface area (TPSA) is 42.0 Å². The summed E-state index contributed by atoms with van der Waals surface area (Å²) in [7, 11) is 0. The van der Waals surface area contributed by atoms with E-state index in [1.165, 1.54) is 0 Å². The molecule has 23 heavy (non-hydrogen) atoms. The van der Waals surface area contributed by atoms with Crippen molar-refractivity contribution in [3.05, 3.63) is 68.9 Å². The Morgan fingerprint density at radius 3 is 2.52 bits per heavy atom. The predicted molar refractivity (Wildman–Crippen MR) is 103 cm³/mol. The van der Waals surface area contributed by atoms with Gasteiger partial charge in [-0.3, -0.25) is 9.78 Å². The molecule has 0 aliphatic carbocycles. The molecule has 0 radical (unpaired) electrons. The van der Waals surface area contributed by atoms with E-state index >= 15 is 0 Å².